The Balaban J connectivity index is 2.69. The van der Waals surface area contributed by atoms with Crippen LogP contribution in [-0.4, -0.2) is 46.3 Å². The second-order valence-electron chi connectivity index (χ2n) is 2.78. The van der Waals surface area contributed by atoms with Crippen LogP contribution < -0.4 is 21.7 Å². The molecule has 0 aliphatic heterocycles. The lowest BCUT2D eigenvalue weighted by Gasteiger charge is -1.98. The summed E-state index contributed by atoms with van der Waals surface area (Å²) in [4.78, 5) is 0. The molecular formula is C7H24N4+4. The molecule has 0 aliphatic carbocycles. The fraction of sp³-hybridized carbons (Fsp3) is 1.00. The van der Waals surface area contributed by atoms with Crippen molar-refractivity contribution in [3.63, 3.8) is 0 Å². The third-order valence-corrected chi connectivity index (χ3v) is 1.64. The lowest BCUT2D eigenvalue weighted by molar-refractivity contribution is -0.747. The van der Waals surface area contributed by atoms with Crippen LogP contribution in [0.3, 0.4) is 0 Å². The van der Waals surface area contributed by atoms with Crippen LogP contribution in [0.4, 0.5) is 0 Å². The van der Waals surface area contributed by atoms with Gasteiger partial charge in [-0.1, -0.05) is 0 Å². The molecule has 0 saturated carbocycles. The SMILES string of the molecule is C[NH2+]CC[NH2+]CC[NH2+]CC[NH3+]. The van der Waals surface area contributed by atoms with E-state index < -0.39 is 0 Å². The van der Waals surface area contributed by atoms with Crippen LogP contribution in [0, 0.1) is 0 Å². The zero-order valence-electron chi connectivity index (χ0n) is 7.68. The van der Waals surface area contributed by atoms with Crippen molar-refractivity contribution < 1.29 is 21.7 Å². The predicted octanol–water partition coefficient (Wildman–Crippen LogP) is -5.45. The predicted molar refractivity (Wildman–Crippen MR) is 43.8 cm³/mol. The summed E-state index contributed by atoms with van der Waals surface area (Å²) < 4.78 is 0. The normalized spacial score (nSPS) is 10.4. The van der Waals surface area contributed by atoms with Crippen molar-refractivity contribution in [1.82, 2.24) is 0 Å². The van der Waals surface area contributed by atoms with Gasteiger partial charge in [-0.25, -0.2) is 0 Å². The van der Waals surface area contributed by atoms with Crippen LogP contribution in [0.2, 0.25) is 0 Å². The molecule has 0 heterocycles. The molecular weight excluding hydrogens is 140 g/mol. The minimum absolute atomic E-state index is 1.04. The molecule has 4 heteroatoms. The van der Waals surface area contributed by atoms with Crippen LogP contribution in [0.1, 0.15) is 0 Å². The number of rotatable bonds is 8. The minimum atomic E-state index is 1.04. The smallest absolute Gasteiger partial charge is 0.125 e. The van der Waals surface area contributed by atoms with Crippen LogP contribution in [0.5, 0.6) is 0 Å². The maximum absolute atomic E-state index is 3.79. The molecule has 0 rings (SSSR count). The molecule has 0 aromatic heterocycles. The summed E-state index contributed by atoms with van der Waals surface area (Å²) in [7, 11) is 2.11. The van der Waals surface area contributed by atoms with Crippen molar-refractivity contribution >= 4 is 0 Å². The second kappa shape index (κ2) is 9.84. The number of hydrogen-bond acceptors (Lipinski definition) is 0. The van der Waals surface area contributed by atoms with E-state index in [1.165, 1.54) is 32.7 Å². The van der Waals surface area contributed by atoms with Gasteiger partial charge in [-0.05, 0) is 0 Å². The van der Waals surface area contributed by atoms with E-state index in [9.17, 15) is 0 Å². The maximum Gasteiger partial charge on any atom is 0.125 e. The highest BCUT2D eigenvalue weighted by molar-refractivity contribution is 4.18. The fourth-order valence-corrected chi connectivity index (χ4v) is 0.953. The molecule has 11 heavy (non-hydrogen) atoms. The molecule has 0 atom stereocenters. The highest BCUT2D eigenvalue weighted by Gasteiger charge is 1.92. The van der Waals surface area contributed by atoms with Crippen LogP contribution in [0.25, 0.3) is 0 Å². The number of hydrogen-bond donors (Lipinski definition) is 4. The van der Waals surface area contributed by atoms with Gasteiger partial charge < -0.3 is 21.7 Å². The van der Waals surface area contributed by atoms with E-state index in [0.29, 0.717) is 0 Å². The van der Waals surface area contributed by atoms with E-state index in [1.807, 2.05) is 0 Å². The van der Waals surface area contributed by atoms with E-state index in [2.05, 4.69) is 28.7 Å². The Bertz CT molecular complexity index is 59.5. The van der Waals surface area contributed by atoms with Gasteiger partial charge in [0.1, 0.15) is 39.3 Å². The van der Waals surface area contributed by atoms with E-state index in [1.54, 1.807) is 0 Å². The summed E-state index contributed by atoms with van der Waals surface area (Å²) in [6, 6.07) is 0. The molecule has 0 aliphatic rings. The number of nitrogens with two attached hydrogens (primary N) is 3. The van der Waals surface area contributed by atoms with E-state index in [0.717, 1.165) is 6.54 Å². The van der Waals surface area contributed by atoms with Gasteiger partial charge in [0.15, 0.2) is 0 Å². The van der Waals surface area contributed by atoms with Crippen molar-refractivity contribution in [2.24, 2.45) is 0 Å². The van der Waals surface area contributed by atoms with Gasteiger partial charge in [-0.2, -0.15) is 0 Å². The van der Waals surface area contributed by atoms with Gasteiger partial charge in [0, 0.05) is 0 Å². The van der Waals surface area contributed by atoms with E-state index >= 15 is 0 Å². The lowest BCUT2D eigenvalue weighted by Crippen LogP contribution is -2.98. The summed E-state index contributed by atoms with van der Waals surface area (Å²) in [5.74, 6) is 0. The fourth-order valence-electron chi connectivity index (χ4n) is 0.953. The molecule has 4 nitrogen and oxygen atoms in total. The molecule has 9 N–H and O–H groups in total. The number of quaternary nitrogens is 4. The van der Waals surface area contributed by atoms with Crippen LogP contribution in [0.15, 0.2) is 0 Å². The molecule has 0 saturated heterocycles. The Hall–Kier alpha value is -0.160. The monoisotopic (exact) mass is 164 g/mol. The first-order chi connectivity index (χ1) is 5.41. The Kier molecular flexibility index (Phi) is 9.70. The van der Waals surface area contributed by atoms with Gasteiger partial charge >= 0.3 is 0 Å². The summed E-state index contributed by atoms with van der Waals surface area (Å²) in [5.41, 5.74) is 3.79. The first-order valence-electron chi connectivity index (χ1n) is 4.62. The molecule has 0 amide bonds. The summed E-state index contributed by atoms with van der Waals surface area (Å²) in [6.07, 6.45) is 0. The third-order valence-electron chi connectivity index (χ3n) is 1.64. The summed E-state index contributed by atoms with van der Waals surface area (Å²) in [5, 5.41) is 6.93. The average Bonchev–Trinajstić information content (AvgIpc) is 2.03. The van der Waals surface area contributed by atoms with Crippen molar-refractivity contribution in [3.05, 3.63) is 0 Å². The third kappa shape index (κ3) is 9.84. The number of likely N-dealkylation sites (N-methyl/N-ethyl adjacent to an activating group) is 1. The van der Waals surface area contributed by atoms with Crippen molar-refractivity contribution in [2.75, 3.05) is 46.3 Å². The Morgan fingerprint density at radius 2 is 1.45 bits per heavy atom. The average molecular weight is 164 g/mol. The Labute approximate surface area is 68.9 Å². The Morgan fingerprint density at radius 3 is 2.00 bits per heavy atom. The van der Waals surface area contributed by atoms with E-state index in [-0.39, 0.29) is 0 Å². The Morgan fingerprint density at radius 1 is 0.909 bits per heavy atom. The highest BCUT2D eigenvalue weighted by atomic mass is 15.0. The van der Waals surface area contributed by atoms with Gasteiger partial charge in [0.25, 0.3) is 0 Å². The largest absolute Gasteiger partial charge is 0.353 e. The molecule has 0 bridgehead atoms. The zero-order chi connectivity index (χ0) is 8.36. The minimum Gasteiger partial charge on any atom is -0.353 e. The highest BCUT2D eigenvalue weighted by Crippen LogP contribution is 1.34. The van der Waals surface area contributed by atoms with Crippen molar-refractivity contribution in [1.29, 1.82) is 0 Å². The zero-order valence-corrected chi connectivity index (χ0v) is 7.68. The van der Waals surface area contributed by atoms with Gasteiger partial charge in [0.05, 0.1) is 7.05 Å². The molecule has 0 unspecified atom stereocenters. The van der Waals surface area contributed by atoms with Crippen molar-refractivity contribution in [2.45, 2.75) is 0 Å². The summed E-state index contributed by atoms with van der Waals surface area (Å²) in [6.45, 7) is 7.17. The van der Waals surface area contributed by atoms with Crippen molar-refractivity contribution in [3.8, 4) is 0 Å². The molecule has 0 radical (unpaired) electrons. The lowest BCUT2D eigenvalue weighted by atomic mass is 10.5. The van der Waals surface area contributed by atoms with Gasteiger partial charge in [0.2, 0.25) is 0 Å². The molecule has 0 fully saturated rings. The molecule has 0 aromatic carbocycles. The maximum atomic E-state index is 3.79. The quantitative estimate of drug-likeness (QED) is 0.258. The van der Waals surface area contributed by atoms with Gasteiger partial charge in [-0.15, -0.1) is 0 Å². The summed E-state index contributed by atoms with van der Waals surface area (Å²) >= 11 is 0. The first kappa shape index (κ1) is 10.8. The first-order valence-corrected chi connectivity index (χ1v) is 4.62. The van der Waals surface area contributed by atoms with Crippen LogP contribution in [-0.2, 0) is 0 Å². The topological polar surface area (TPSA) is 77.5 Å². The molecule has 0 aromatic rings. The van der Waals surface area contributed by atoms with Crippen LogP contribution >= 0.6 is 0 Å². The molecule has 0 spiro atoms. The molecule has 68 valence electrons. The van der Waals surface area contributed by atoms with E-state index in [4.69, 9.17) is 0 Å². The standard InChI is InChI=1S/C7H20N4/c1-9-4-5-11-7-6-10-3-2-8/h9-11H,2-8H2,1H3/p+4. The second-order valence-corrected chi connectivity index (χ2v) is 2.78. The van der Waals surface area contributed by atoms with Gasteiger partial charge in [-0.3, -0.25) is 0 Å².